The van der Waals surface area contributed by atoms with Gasteiger partial charge in [-0.15, -0.1) is 4.83 Å². The summed E-state index contributed by atoms with van der Waals surface area (Å²) in [5, 5.41) is 2.79. The molecular formula is C6H15ClN4O4S2. The molecule has 8 nitrogen and oxygen atoms in total. The number of hydrogen-bond acceptors (Lipinski definition) is 6. The summed E-state index contributed by atoms with van der Waals surface area (Å²) in [6.45, 7) is 0.375. The average Bonchev–Trinajstić information content (AvgIpc) is 2.14. The van der Waals surface area contributed by atoms with E-state index in [0.717, 1.165) is 4.31 Å². The van der Waals surface area contributed by atoms with E-state index in [1.807, 2.05) is 0 Å². The van der Waals surface area contributed by atoms with Crippen molar-refractivity contribution in [3.8, 4) is 0 Å². The molecular weight excluding hydrogens is 292 g/mol. The van der Waals surface area contributed by atoms with E-state index in [1.54, 1.807) is 0 Å². The lowest BCUT2D eigenvalue weighted by atomic mass is 10.4. The van der Waals surface area contributed by atoms with E-state index in [4.69, 9.17) is 10.7 Å². The second-order valence-electron chi connectivity index (χ2n) is 3.74. The van der Waals surface area contributed by atoms with Gasteiger partial charge in [-0.25, -0.2) is 13.4 Å². The fourth-order valence-corrected chi connectivity index (χ4v) is 4.85. The topological polar surface area (TPSA) is 98.8 Å². The minimum atomic E-state index is -4.07. The van der Waals surface area contributed by atoms with Gasteiger partial charge in [0.15, 0.2) is 5.37 Å². The van der Waals surface area contributed by atoms with Crippen LogP contribution in [0.4, 0.5) is 0 Å². The van der Waals surface area contributed by atoms with E-state index in [2.05, 4.69) is 10.1 Å². The van der Waals surface area contributed by atoms with Crippen LogP contribution >= 0.6 is 10.7 Å². The predicted octanol–water partition coefficient (Wildman–Crippen LogP) is -1.90. The van der Waals surface area contributed by atoms with Crippen molar-refractivity contribution in [1.82, 2.24) is 19.5 Å². The van der Waals surface area contributed by atoms with Crippen molar-refractivity contribution in [1.29, 1.82) is 0 Å². The van der Waals surface area contributed by atoms with Crippen molar-refractivity contribution < 1.29 is 16.8 Å². The fraction of sp³-hybridized carbons (Fsp3) is 1.00. The van der Waals surface area contributed by atoms with Gasteiger partial charge in [0.1, 0.15) is 0 Å². The summed E-state index contributed by atoms with van der Waals surface area (Å²) < 4.78 is 47.1. The Labute approximate surface area is 105 Å². The number of hydrogen-bond donors (Lipinski definition) is 2. The molecule has 1 saturated heterocycles. The van der Waals surface area contributed by atoms with E-state index >= 15 is 0 Å². The van der Waals surface area contributed by atoms with E-state index in [-0.39, 0.29) is 13.1 Å². The third-order valence-electron chi connectivity index (χ3n) is 2.10. The third-order valence-corrected chi connectivity index (χ3v) is 5.52. The van der Waals surface area contributed by atoms with E-state index in [1.165, 1.54) is 19.1 Å². The highest BCUT2D eigenvalue weighted by molar-refractivity contribution is 8.12. The molecule has 17 heavy (non-hydrogen) atoms. The molecule has 0 amide bonds. The second kappa shape index (κ2) is 5.34. The highest BCUT2D eigenvalue weighted by atomic mass is 35.7. The summed E-state index contributed by atoms with van der Waals surface area (Å²) in [6.07, 6.45) is 0. The number of rotatable bonds is 4. The molecule has 1 unspecified atom stereocenters. The molecule has 0 saturated carbocycles. The molecule has 0 aromatic carbocycles. The summed E-state index contributed by atoms with van der Waals surface area (Å²) in [6, 6.07) is 0. The molecule has 1 fully saturated rings. The molecule has 0 radical (unpaired) electrons. The maximum atomic E-state index is 11.9. The van der Waals surface area contributed by atoms with Crippen molar-refractivity contribution in [3.63, 3.8) is 0 Å². The van der Waals surface area contributed by atoms with Crippen LogP contribution in [0.3, 0.4) is 0 Å². The number of nitrogens with zero attached hydrogens (tertiary/aromatic N) is 2. The Morgan fingerprint density at radius 1 is 1.35 bits per heavy atom. The monoisotopic (exact) mass is 306 g/mol. The Balaban J connectivity index is 3.01. The molecule has 11 heteroatoms. The van der Waals surface area contributed by atoms with Crippen LogP contribution < -0.4 is 10.1 Å². The molecule has 0 aromatic rings. The Morgan fingerprint density at radius 3 is 2.41 bits per heavy atom. The molecule has 1 aliphatic heterocycles. The number of halogens is 1. The highest BCUT2D eigenvalue weighted by Gasteiger charge is 2.39. The Bertz CT molecular complexity index is 462. The van der Waals surface area contributed by atoms with Crippen molar-refractivity contribution in [2.24, 2.45) is 0 Å². The van der Waals surface area contributed by atoms with Gasteiger partial charge in [-0.2, -0.15) is 12.7 Å². The van der Waals surface area contributed by atoms with Gasteiger partial charge in [0.25, 0.3) is 0 Å². The minimum Gasteiger partial charge on any atom is -0.313 e. The zero-order valence-electron chi connectivity index (χ0n) is 9.42. The summed E-state index contributed by atoms with van der Waals surface area (Å²) in [5.74, 6) is 0. The number of sulfonamides is 1. The maximum Gasteiger partial charge on any atom is 0.301 e. The first-order valence-corrected chi connectivity index (χ1v) is 8.56. The van der Waals surface area contributed by atoms with E-state index in [0.29, 0.717) is 6.54 Å². The van der Waals surface area contributed by atoms with Crippen molar-refractivity contribution in [3.05, 3.63) is 0 Å². The van der Waals surface area contributed by atoms with Gasteiger partial charge in [-0.05, 0) is 0 Å². The maximum absolute atomic E-state index is 11.9. The second-order valence-corrected chi connectivity index (χ2v) is 8.02. The van der Waals surface area contributed by atoms with E-state index in [9.17, 15) is 16.8 Å². The summed E-state index contributed by atoms with van der Waals surface area (Å²) in [4.78, 5) is 2.19. The molecule has 1 heterocycles. The first-order chi connectivity index (χ1) is 7.64. The lowest BCUT2D eigenvalue weighted by molar-refractivity contribution is 0.307. The third kappa shape index (κ3) is 4.02. The quantitative estimate of drug-likeness (QED) is 0.465. The van der Waals surface area contributed by atoms with Gasteiger partial charge in [-0.1, -0.05) is 0 Å². The summed E-state index contributed by atoms with van der Waals surface area (Å²) >= 11 is 0. The minimum absolute atomic E-state index is 0.00484. The SMILES string of the molecule is CN(C)NS(=O)(=O)C1CNCCN1S(=O)(=O)Cl. The van der Waals surface area contributed by atoms with Gasteiger partial charge in [0.05, 0.1) is 0 Å². The van der Waals surface area contributed by atoms with Crippen LogP contribution in [0.25, 0.3) is 0 Å². The van der Waals surface area contributed by atoms with E-state index < -0.39 is 24.6 Å². The lowest BCUT2D eigenvalue weighted by Crippen LogP contribution is -2.59. The predicted molar refractivity (Wildman–Crippen MR) is 63.9 cm³/mol. The normalized spacial score (nSPS) is 24.1. The van der Waals surface area contributed by atoms with Crippen molar-refractivity contribution in [2.45, 2.75) is 5.37 Å². The molecule has 102 valence electrons. The fourth-order valence-electron chi connectivity index (χ4n) is 1.49. The number of hydrazine groups is 1. The first-order valence-electron chi connectivity index (χ1n) is 4.75. The van der Waals surface area contributed by atoms with Crippen LogP contribution in [0.15, 0.2) is 0 Å². The van der Waals surface area contributed by atoms with Crippen LogP contribution in [-0.2, 0) is 19.3 Å². The van der Waals surface area contributed by atoms with Crippen LogP contribution in [0, 0.1) is 0 Å². The van der Waals surface area contributed by atoms with Crippen LogP contribution in [0.5, 0.6) is 0 Å². The summed E-state index contributed by atoms with van der Waals surface area (Å²) in [5.41, 5.74) is 0. The van der Waals surface area contributed by atoms with Crippen molar-refractivity contribution in [2.75, 3.05) is 33.7 Å². The standard InChI is InChI=1S/C6H15ClN4O4S2/c1-10(2)9-16(12,13)6-5-8-3-4-11(6)17(7,14)15/h6,8-9H,3-5H2,1-2H3. The Kier molecular flexibility index (Phi) is 4.74. The molecule has 0 aliphatic carbocycles. The van der Waals surface area contributed by atoms with Gasteiger partial charge in [0.2, 0.25) is 10.0 Å². The first kappa shape index (κ1) is 15.1. The molecule has 1 atom stereocenters. The zero-order chi connectivity index (χ0) is 13.3. The molecule has 0 bridgehead atoms. The van der Waals surface area contributed by atoms with Gasteiger partial charge in [-0.3, -0.25) is 0 Å². The van der Waals surface area contributed by atoms with Crippen LogP contribution in [0.1, 0.15) is 0 Å². The Hall–Kier alpha value is 0.0300. The van der Waals surface area contributed by atoms with Crippen LogP contribution in [-0.4, -0.2) is 65.3 Å². The van der Waals surface area contributed by atoms with Gasteiger partial charge >= 0.3 is 9.24 Å². The van der Waals surface area contributed by atoms with Gasteiger partial charge < -0.3 is 5.32 Å². The number of nitrogens with one attached hydrogen (secondary N) is 2. The Morgan fingerprint density at radius 2 is 1.94 bits per heavy atom. The highest BCUT2D eigenvalue weighted by Crippen LogP contribution is 2.17. The number of piperazine rings is 1. The lowest BCUT2D eigenvalue weighted by Gasteiger charge is -2.33. The molecule has 1 aliphatic rings. The largest absolute Gasteiger partial charge is 0.313 e. The van der Waals surface area contributed by atoms with Crippen LogP contribution in [0.2, 0.25) is 0 Å². The molecule has 0 aromatic heterocycles. The zero-order valence-corrected chi connectivity index (χ0v) is 11.8. The van der Waals surface area contributed by atoms with Gasteiger partial charge in [0, 0.05) is 44.4 Å². The van der Waals surface area contributed by atoms with Crippen molar-refractivity contribution >= 4 is 29.9 Å². The molecule has 0 spiro atoms. The molecule has 1 rings (SSSR count). The smallest absolute Gasteiger partial charge is 0.301 e. The molecule has 2 N–H and O–H groups in total. The average molecular weight is 307 g/mol. The summed E-state index contributed by atoms with van der Waals surface area (Å²) in [7, 11) is 0.295.